The van der Waals surface area contributed by atoms with Crippen molar-refractivity contribution < 1.29 is 8.91 Å². The summed E-state index contributed by atoms with van der Waals surface area (Å²) >= 11 is 0. The minimum atomic E-state index is -1.33. The number of quaternary nitrogens is 1. The van der Waals surface area contributed by atoms with Gasteiger partial charge in [0.2, 0.25) is 0 Å². The van der Waals surface area contributed by atoms with Crippen LogP contribution in [0.3, 0.4) is 0 Å². The van der Waals surface area contributed by atoms with Crippen LogP contribution in [0.5, 0.6) is 0 Å². The van der Waals surface area contributed by atoms with Crippen LogP contribution in [-0.2, 0) is 4.43 Å². The van der Waals surface area contributed by atoms with Crippen LogP contribution in [0.4, 0.5) is 0 Å². The monoisotopic (exact) mass is 330 g/mol. The maximum Gasteiger partial charge on any atom is 0.184 e. The number of rotatable bonds is 15. The Kier molecular flexibility index (Phi) is 12.6. The molecule has 134 valence electrons. The normalized spacial score (nSPS) is 12.8. The molecule has 0 bridgehead atoms. The lowest BCUT2D eigenvalue weighted by atomic mass is 10.1. The quantitative estimate of drug-likeness (QED) is 0.208. The summed E-state index contributed by atoms with van der Waals surface area (Å²) in [7, 11) is 3.36. The van der Waals surface area contributed by atoms with Gasteiger partial charge in [0.15, 0.2) is 8.32 Å². The molecule has 3 heteroatoms. The van der Waals surface area contributed by atoms with Crippen molar-refractivity contribution >= 4 is 8.32 Å². The van der Waals surface area contributed by atoms with Crippen molar-refractivity contribution in [2.75, 3.05) is 33.8 Å². The molecule has 0 aromatic rings. The van der Waals surface area contributed by atoms with Gasteiger partial charge in [0.25, 0.3) is 0 Å². The lowest BCUT2D eigenvalue weighted by Crippen LogP contribution is -2.44. The maximum absolute atomic E-state index is 5.99. The summed E-state index contributed by atoms with van der Waals surface area (Å²) in [6, 6.07) is 0. The fraction of sp³-hybridized carbons (Fsp3) is 1.00. The first-order valence-corrected chi connectivity index (χ1v) is 13.1. The fourth-order valence-electron chi connectivity index (χ4n) is 2.74. The van der Waals surface area contributed by atoms with E-state index in [1.807, 2.05) is 0 Å². The summed E-state index contributed by atoms with van der Waals surface area (Å²) < 4.78 is 7.10. The van der Waals surface area contributed by atoms with Gasteiger partial charge in [-0.15, -0.1) is 0 Å². The van der Waals surface area contributed by atoms with Gasteiger partial charge >= 0.3 is 0 Å². The molecule has 0 aliphatic heterocycles. The van der Waals surface area contributed by atoms with E-state index in [0.717, 1.165) is 17.6 Å². The van der Waals surface area contributed by atoms with Gasteiger partial charge in [0.05, 0.1) is 27.2 Å². The van der Waals surface area contributed by atoms with E-state index < -0.39 is 8.32 Å². The molecule has 22 heavy (non-hydrogen) atoms. The van der Waals surface area contributed by atoms with Gasteiger partial charge in [-0.3, -0.25) is 0 Å². The van der Waals surface area contributed by atoms with E-state index in [-0.39, 0.29) is 0 Å². The van der Waals surface area contributed by atoms with Gasteiger partial charge in [-0.1, -0.05) is 58.3 Å². The zero-order chi connectivity index (χ0) is 16.9. The highest BCUT2D eigenvalue weighted by Gasteiger charge is 2.18. The van der Waals surface area contributed by atoms with Gasteiger partial charge < -0.3 is 8.91 Å². The standard InChI is InChI=1S/C19H44NOSi/c1-7-8-9-10-11-12-13-14-15-16-17-20(2,3)18-19-21-22(4,5)6/h7-19H2,1-6H3/q+1. The maximum atomic E-state index is 5.99. The Labute approximate surface area is 142 Å². The first kappa shape index (κ1) is 22.1. The van der Waals surface area contributed by atoms with Crippen LogP contribution < -0.4 is 0 Å². The summed E-state index contributed by atoms with van der Waals surface area (Å²) in [6.45, 7) is 12.5. The molecule has 0 aromatic carbocycles. The second-order valence-corrected chi connectivity index (χ2v) is 13.0. The molecule has 0 radical (unpaired) electrons. The number of unbranched alkanes of at least 4 members (excludes halogenated alkanes) is 9. The number of hydrogen-bond acceptors (Lipinski definition) is 1. The van der Waals surface area contributed by atoms with Crippen LogP contribution in [0.25, 0.3) is 0 Å². The molecule has 0 aliphatic rings. The second kappa shape index (κ2) is 12.5. The molecule has 0 saturated heterocycles. The molecule has 0 spiro atoms. The smallest absolute Gasteiger partial charge is 0.184 e. The van der Waals surface area contributed by atoms with Gasteiger partial charge in [-0.2, -0.15) is 0 Å². The SMILES string of the molecule is CCCCCCCCCCCC[N+](C)(C)CCO[Si](C)(C)C. The molecule has 0 amide bonds. The minimum Gasteiger partial charge on any atom is -0.412 e. The van der Waals surface area contributed by atoms with Crippen molar-refractivity contribution in [2.24, 2.45) is 0 Å². The molecule has 2 nitrogen and oxygen atoms in total. The summed E-state index contributed by atoms with van der Waals surface area (Å²) in [5.74, 6) is 0. The van der Waals surface area contributed by atoms with Crippen LogP contribution in [0.1, 0.15) is 71.1 Å². The van der Waals surface area contributed by atoms with Gasteiger partial charge in [-0.25, -0.2) is 0 Å². The Morgan fingerprint density at radius 2 is 1.14 bits per heavy atom. The zero-order valence-corrected chi connectivity index (χ0v) is 17.5. The topological polar surface area (TPSA) is 9.23 Å². The molecule has 0 unspecified atom stereocenters. The molecule has 0 rings (SSSR count). The number of nitrogens with zero attached hydrogens (tertiary/aromatic N) is 1. The fourth-order valence-corrected chi connectivity index (χ4v) is 3.44. The van der Waals surface area contributed by atoms with Crippen molar-refractivity contribution in [3.63, 3.8) is 0 Å². The van der Waals surface area contributed by atoms with E-state index in [2.05, 4.69) is 40.7 Å². The van der Waals surface area contributed by atoms with Crippen LogP contribution in [0.2, 0.25) is 19.6 Å². The third-order valence-corrected chi connectivity index (χ3v) is 5.42. The molecule has 0 fully saturated rings. The van der Waals surface area contributed by atoms with E-state index in [1.54, 1.807) is 0 Å². The molecule has 0 heterocycles. The zero-order valence-electron chi connectivity index (χ0n) is 16.5. The Balaban J connectivity index is 3.41. The number of hydrogen-bond donors (Lipinski definition) is 0. The summed E-state index contributed by atoms with van der Waals surface area (Å²) in [6.07, 6.45) is 14.2. The van der Waals surface area contributed by atoms with E-state index in [9.17, 15) is 0 Å². The van der Waals surface area contributed by atoms with E-state index in [4.69, 9.17) is 4.43 Å². The van der Waals surface area contributed by atoms with E-state index in [0.29, 0.717) is 0 Å². The Hall–Kier alpha value is 0.137. The summed E-state index contributed by atoms with van der Waals surface area (Å²) in [5.41, 5.74) is 0. The molecule has 0 aliphatic carbocycles. The van der Waals surface area contributed by atoms with Gasteiger partial charge in [0.1, 0.15) is 6.54 Å². The largest absolute Gasteiger partial charge is 0.412 e. The van der Waals surface area contributed by atoms with Gasteiger partial charge in [-0.05, 0) is 32.5 Å². The van der Waals surface area contributed by atoms with Crippen molar-refractivity contribution in [2.45, 2.75) is 90.8 Å². The average molecular weight is 331 g/mol. The van der Waals surface area contributed by atoms with Crippen LogP contribution >= 0.6 is 0 Å². The Morgan fingerprint density at radius 3 is 1.59 bits per heavy atom. The van der Waals surface area contributed by atoms with Crippen molar-refractivity contribution in [1.29, 1.82) is 0 Å². The average Bonchev–Trinajstić information content (AvgIpc) is 2.39. The molecular formula is C19H44NOSi+. The summed E-state index contributed by atoms with van der Waals surface area (Å²) in [5, 5.41) is 0. The second-order valence-electron chi connectivity index (χ2n) is 8.53. The third kappa shape index (κ3) is 16.5. The Morgan fingerprint density at radius 1 is 0.682 bits per heavy atom. The van der Waals surface area contributed by atoms with Gasteiger partial charge in [0, 0.05) is 0 Å². The summed E-state index contributed by atoms with van der Waals surface area (Å²) in [4.78, 5) is 0. The highest BCUT2D eigenvalue weighted by Crippen LogP contribution is 2.12. The minimum absolute atomic E-state index is 0.931. The number of likely N-dealkylation sites (N-methyl/N-ethyl adjacent to an activating group) is 1. The lowest BCUT2D eigenvalue weighted by Gasteiger charge is -2.31. The molecule has 0 atom stereocenters. The molecule has 0 aromatic heterocycles. The predicted octanol–water partition coefficient (Wildman–Crippen LogP) is 5.84. The highest BCUT2D eigenvalue weighted by molar-refractivity contribution is 6.69. The highest BCUT2D eigenvalue weighted by atomic mass is 28.4. The van der Waals surface area contributed by atoms with Crippen LogP contribution in [0, 0.1) is 0 Å². The third-order valence-electron chi connectivity index (χ3n) is 4.35. The predicted molar refractivity (Wildman–Crippen MR) is 103 cm³/mol. The van der Waals surface area contributed by atoms with E-state index >= 15 is 0 Å². The van der Waals surface area contributed by atoms with Crippen molar-refractivity contribution in [3.8, 4) is 0 Å². The van der Waals surface area contributed by atoms with Crippen LogP contribution in [0.15, 0.2) is 0 Å². The van der Waals surface area contributed by atoms with Crippen molar-refractivity contribution in [1.82, 2.24) is 0 Å². The lowest BCUT2D eigenvalue weighted by molar-refractivity contribution is -0.890. The van der Waals surface area contributed by atoms with E-state index in [1.165, 1.54) is 70.8 Å². The van der Waals surface area contributed by atoms with Crippen LogP contribution in [-0.4, -0.2) is 46.6 Å². The molecule has 0 saturated carbocycles. The Bertz CT molecular complexity index is 248. The molecular weight excluding hydrogens is 286 g/mol. The first-order chi connectivity index (χ1) is 10.3. The van der Waals surface area contributed by atoms with Crippen molar-refractivity contribution in [3.05, 3.63) is 0 Å². The first-order valence-electron chi connectivity index (χ1n) is 9.73. The molecule has 0 N–H and O–H groups in total.